The second kappa shape index (κ2) is 6.65. The Balaban J connectivity index is 2.26. The predicted octanol–water partition coefficient (Wildman–Crippen LogP) is 4.30. The van der Waals surface area contributed by atoms with E-state index in [0.29, 0.717) is 16.0 Å². The highest BCUT2D eigenvalue weighted by Crippen LogP contribution is 2.30. The van der Waals surface area contributed by atoms with Crippen LogP contribution in [0.4, 0.5) is 10.3 Å². The zero-order valence-electron chi connectivity index (χ0n) is 11.3. The van der Waals surface area contributed by atoms with Crippen molar-refractivity contribution in [1.82, 2.24) is 9.97 Å². The zero-order valence-corrected chi connectivity index (χ0v) is 12.9. The van der Waals surface area contributed by atoms with E-state index in [1.54, 1.807) is 31.3 Å². The van der Waals surface area contributed by atoms with Gasteiger partial charge in [-0.05, 0) is 40.9 Å². The summed E-state index contributed by atoms with van der Waals surface area (Å²) in [6.45, 7) is 4.50. The monoisotopic (exact) mass is 339 g/mol. The predicted molar refractivity (Wildman–Crippen MR) is 79.7 cm³/mol. The molecular formula is C14H15BrFN3O. The molecule has 1 heterocycles. The molecule has 0 aliphatic rings. The molecule has 0 aliphatic heterocycles. The van der Waals surface area contributed by atoms with E-state index < -0.39 is 0 Å². The first-order valence-corrected chi connectivity index (χ1v) is 7.10. The van der Waals surface area contributed by atoms with Gasteiger partial charge in [0.1, 0.15) is 0 Å². The van der Waals surface area contributed by atoms with Gasteiger partial charge in [-0.25, -0.2) is 9.37 Å². The van der Waals surface area contributed by atoms with Gasteiger partial charge in [0, 0.05) is 6.54 Å². The number of nitrogens with zero attached hydrogens (tertiary/aromatic N) is 2. The summed E-state index contributed by atoms with van der Waals surface area (Å²) in [5.41, 5.74) is 0.525. The van der Waals surface area contributed by atoms with Crippen LogP contribution in [0.25, 0.3) is 0 Å². The van der Waals surface area contributed by atoms with Crippen molar-refractivity contribution in [2.45, 2.75) is 20.3 Å². The van der Waals surface area contributed by atoms with Gasteiger partial charge in [0.25, 0.3) is 0 Å². The number of hydrogen-bond donors (Lipinski definition) is 1. The molecule has 0 unspecified atom stereocenters. The van der Waals surface area contributed by atoms with Crippen LogP contribution < -0.4 is 10.1 Å². The molecule has 0 bridgehead atoms. The lowest BCUT2D eigenvalue weighted by atomic mass is 10.2. The molecule has 0 radical (unpaired) electrons. The SMILES string of the molecule is CCCNc1ncc(Br)c(Oc2cccc(C)c2F)n1. The van der Waals surface area contributed by atoms with Crippen molar-refractivity contribution in [2.24, 2.45) is 0 Å². The standard InChI is InChI=1S/C14H15BrFN3O/c1-3-7-17-14-18-8-10(15)13(19-14)20-11-6-4-5-9(2)12(11)16/h4-6,8H,3,7H2,1-2H3,(H,17,18,19). The minimum atomic E-state index is -0.388. The van der Waals surface area contributed by atoms with Gasteiger partial charge in [0.05, 0.1) is 10.7 Å². The summed E-state index contributed by atoms with van der Waals surface area (Å²) in [5.74, 6) is 0.494. The summed E-state index contributed by atoms with van der Waals surface area (Å²) in [5, 5.41) is 3.06. The molecule has 1 N–H and O–H groups in total. The fraction of sp³-hybridized carbons (Fsp3) is 0.286. The highest BCUT2D eigenvalue weighted by Gasteiger charge is 2.11. The molecule has 0 fully saturated rings. The van der Waals surface area contributed by atoms with E-state index in [1.165, 1.54) is 0 Å². The van der Waals surface area contributed by atoms with Crippen molar-refractivity contribution in [3.8, 4) is 11.6 Å². The summed E-state index contributed by atoms with van der Waals surface area (Å²) >= 11 is 3.30. The first kappa shape index (κ1) is 14.7. The fourth-order valence-electron chi connectivity index (χ4n) is 1.55. The van der Waals surface area contributed by atoms with Crippen LogP contribution in [0.2, 0.25) is 0 Å². The topological polar surface area (TPSA) is 47.0 Å². The summed E-state index contributed by atoms with van der Waals surface area (Å²) < 4.78 is 20.0. The van der Waals surface area contributed by atoms with Crippen LogP contribution in [0.15, 0.2) is 28.9 Å². The average molecular weight is 340 g/mol. The van der Waals surface area contributed by atoms with E-state index in [-0.39, 0.29) is 17.4 Å². The Bertz CT molecular complexity index is 607. The Morgan fingerprint density at radius 2 is 2.20 bits per heavy atom. The van der Waals surface area contributed by atoms with E-state index in [9.17, 15) is 4.39 Å². The van der Waals surface area contributed by atoms with Crippen LogP contribution in [0.1, 0.15) is 18.9 Å². The zero-order chi connectivity index (χ0) is 14.5. The number of halogens is 2. The van der Waals surface area contributed by atoms with Crippen molar-refractivity contribution in [2.75, 3.05) is 11.9 Å². The third-order valence-corrected chi connectivity index (χ3v) is 3.15. The van der Waals surface area contributed by atoms with E-state index in [1.807, 2.05) is 6.92 Å². The number of aromatic nitrogens is 2. The van der Waals surface area contributed by atoms with E-state index >= 15 is 0 Å². The third kappa shape index (κ3) is 3.45. The van der Waals surface area contributed by atoms with Crippen molar-refractivity contribution in [3.05, 3.63) is 40.2 Å². The number of benzene rings is 1. The second-order valence-corrected chi connectivity index (χ2v) is 5.12. The second-order valence-electron chi connectivity index (χ2n) is 4.26. The highest BCUT2D eigenvalue weighted by atomic mass is 79.9. The maximum Gasteiger partial charge on any atom is 0.238 e. The molecule has 1 aromatic carbocycles. The van der Waals surface area contributed by atoms with Gasteiger partial charge in [0.2, 0.25) is 11.8 Å². The number of hydrogen-bond acceptors (Lipinski definition) is 4. The van der Waals surface area contributed by atoms with Crippen LogP contribution in [-0.4, -0.2) is 16.5 Å². The third-order valence-electron chi connectivity index (χ3n) is 2.61. The fourth-order valence-corrected chi connectivity index (χ4v) is 1.82. The summed E-state index contributed by atoms with van der Waals surface area (Å²) in [6.07, 6.45) is 2.54. The number of anilines is 1. The molecule has 0 aliphatic carbocycles. The Kier molecular flexibility index (Phi) is 4.89. The van der Waals surface area contributed by atoms with Crippen molar-refractivity contribution < 1.29 is 9.13 Å². The van der Waals surface area contributed by atoms with Crippen LogP contribution >= 0.6 is 15.9 Å². The molecule has 1 aromatic heterocycles. The van der Waals surface area contributed by atoms with Crippen LogP contribution in [0.3, 0.4) is 0 Å². The molecule has 2 aromatic rings. The maximum atomic E-state index is 13.9. The molecule has 0 atom stereocenters. The summed E-state index contributed by atoms with van der Waals surface area (Å²) in [6, 6.07) is 4.99. The Morgan fingerprint density at radius 1 is 1.40 bits per heavy atom. The molecule has 0 saturated heterocycles. The molecule has 0 spiro atoms. The maximum absolute atomic E-state index is 13.9. The summed E-state index contributed by atoms with van der Waals surface area (Å²) in [4.78, 5) is 8.33. The molecular weight excluding hydrogens is 325 g/mol. The molecule has 0 saturated carbocycles. The lowest BCUT2D eigenvalue weighted by Crippen LogP contribution is -2.05. The van der Waals surface area contributed by atoms with E-state index in [4.69, 9.17) is 4.74 Å². The first-order chi connectivity index (χ1) is 9.61. The minimum absolute atomic E-state index is 0.144. The van der Waals surface area contributed by atoms with Gasteiger partial charge < -0.3 is 10.1 Å². The number of ether oxygens (including phenoxy) is 1. The Morgan fingerprint density at radius 3 is 2.95 bits per heavy atom. The number of nitrogens with one attached hydrogen (secondary N) is 1. The van der Waals surface area contributed by atoms with Gasteiger partial charge in [-0.15, -0.1) is 0 Å². The molecule has 106 valence electrons. The Hall–Kier alpha value is -1.69. The van der Waals surface area contributed by atoms with Crippen LogP contribution in [0, 0.1) is 12.7 Å². The van der Waals surface area contributed by atoms with Gasteiger partial charge in [-0.2, -0.15) is 4.98 Å². The van der Waals surface area contributed by atoms with Gasteiger partial charge >= 0.3 is 0 Å². The van der Waals surface area contributed by atoms with E-state index in [0.717, 1.165) is 13.0 Å². The molecule has 4 nitrogen and oxygen atoms in total. The lowest BCUT2D eigenvalue weighted by Gasteiger charge is -2.10. The average Bonchev–Trinajstić information content (AvgIpc) is 2.44. The van der Waals surface area contributed by atoms with Crippen molar-refractivity contribution in [3.63, 3.8) is 0 Å². The molecule has 2 rings (SSSR count). The molecule has 0 amide bonds. The highest BCUT2D eigenvalue weighted by molar-refractivity contribution is 9.10. The number of rotatable bonds is 5. The van der Waals surface area contributed by atoms with Crippen LogP contribution in [-0.2, 0) is 0 Å². The first-order valence-electron chi connectivity index (χ1n) is 6.31. The number of aryl methyl sites for hydroxylation is 1. The lowest BCUT2D eigenvalue weighted by molar-refractivity contribution is 0.422. The molecule has 6 heteroatoms. The van der Waals surface area contributed by atoms with Gasteiger partial charge in [0.15, 0.2) is 11.6 Å². The van der Waals surface area contributed by atoms with Crippen molar-refractivity contribution >= 4 is 21.9 Å². The smallest absolute Gasteiger partial charge is 0.238 e. The normalized spacial score (nSPS) is 10.4. The van der Waals surface area contributed by atoms with E-state index in [2.05, 4.69) is 31.2 Å². The largest absolute Gasteiger partial charge is 0.435 e. The van der Waals surface area contributed by atoms with Crippen LogP contribution in [0.5, 0.6) is 11.6 Å². The van der Waals surface area contributed by atoms with Gasteiger partial charge in [-0.3, -0.25) is 0 Å². The Labute approximate surface area is 125 Å². The summed E-state index contributed by atoms with van der Waals surface area (Å²) in [7, 11) is 0. The quantitative estimate of drug-likeness (QED) is 0.882. The minimum Gasteiger partial charge on any atom is -0.435 e. The molecule has 20 heavy (non-hydrogen) atoms. The van der Waals surface area contributed by atoms with Gasteiger partial charge in [-0.1, -0.05) is 19.1 Å². The van der Waals surface area contributed by atoms with Crippen molar-refractivity contribution in [1.29, 1.82) is 0 Å².